The minimum Gasteiger partial charge on any atom is -0.487 e. The molecule has 0 spiro atoms. The zero-order valence-corrected chi connectivity index (χ0v) is 26.1. The number of benzene rings is 2. The molecule has 8 heteroatoms. The zero-order chi connectivity index (χ0) is 26.0. The first-order valence-corrected chi connectivity index (χ1v) is 14.4. The Balaban J connectivity index is 2.31. The number of halogens is 4. The maximum absolute atomic E-state index is 11.0. The number of hydrogen-bond acceptors (Lipinski definition) is 3. The summed E-state index contributed by atoms with van der Waals surface area (Å²) in [5.74, 6) is 0.747. The number of unbranched alkanes of at least 4 members (excludes halogenated alkanes) is 1. The molecular formula is C27H30Br4O4. The van der Waals surface area contributed by atoms with Crippen molar-refractivity contribution in [1.82, 2.24) is 0 Å². The topological polar surface area (TPSA) is 55.8 Å². The van der Waals surface area contributed by atoms with Crippen LogP contribution in [0.15, 0.2) is 67.5 Å². The van der Waals surface area contributed by atoms with Crippen LogP contribution in [0, 0.1) is 5.41 Å². The molecule has 4 nitrogen and oxygen atoms in total. The lowest BCUT2D eigenvalue weighted by Gasteiger charge is -2.31. The van der Waals surface area contributed by atoms with Crippen LogP contribution in [-0.4, -0.2) is 24.3 Å². The molecule has 0 aliphatic carbocycles. The monoisotopic (exact) mass is 734 g/mol. The SMILES string of the molecule is C=CCOc1c(Br)cc(CC(C)(CCCCC(=O)O)Cc2cc(Br)c(OCC=C)c(Br)c2)cc1Br. The predicted octanol–water partition coefficient (Wildman–Crippen LogP) is 9.30. The summed E-state index contributed by atoms with van der Waals surface area (Å²) in [7, 11) is 0. The Morgan fingerprint density at radius 2 is 1.26 bits per heavy atom. The fourth-order valence-electron chi connectivity index (χ4n) is 4.04. The smallest absolute Gasteiger partial charge is 0.303 e. The molecule has 2 aromatic carbocycles. The molecule has 0 saturated carbocycles. The van der Waals surface area contributed by atoms with Crippen molar-refractivity contribution in [3.63, 3.8) is 0 Å². The average Bonchev–Trinajstić information content (AvgIpc) is 2.75. The van der Waals surface area contributed by atoms with Gasteiger partial charge in [-0.25, -0.2) is 0 Å². The number of rotatable bonds is 15. The summed E-state index contributed by atoms with van der Waals surface area (Å²) in [6.45, 7) is 10.5. The van der Waals surface area contributed by atoms with Crippen molar-refractivity contribution < 1.29 is 19.4 Å². The van der Waals surface area contributed by atoms with Crippen molar-refractivity contribution in [3.8, 4) is 11.5 Å². The van der Waals surface area contributed by atoms with Gasteiger partial charge in [-0.05, 0) is 130 Å². The molecule has 0 aliphatic rings. The molecule has 2 rings (SSSR count). The Kier molecular flexibility index (Phi) is 12.6. The molecule has 35 heavy (non-hydrogen) atoms. The van der Waals surface area contributed by atoms with Crippen molar-refractivity contribution in [2.24, 2.45) is 5.41 Å². The molecule has 0 unspecified atom stereocenters. The second-order valence-electron chi connectivity index (χ2n) is 8.74. The lowest BCUT2D eigenvalue weighted by atomic mass is 9.74. The Morgan fingerprint density at radius 3 is 1.60 bits per heavy atom. The van der Waals surface area contributed by atoms with Gasteiger partial charge in [0.05, 0.1) is 17.9 Å². The third-order valence-corrected chi connectivity index (χ3v) is 7.85. The molecule has 0 aromatic heterocycles. The quantitative estimate of drug-likeness (QED) is 0.146. The Hall–Kier alpha value is -1.09. The summed E-state index contributed by atoms with van der Waals surface area (Å²) < 4.78 is 15.1. The van der Waals surface area contributed by atoms with Crippen LogP contribution in [0.3, 0.4) is 0 Å². The Morgan fingerprint density at radius 1 is 0.857 bits per heavy atom. The van der Waals surface area contributed by atoms with Gasteiger partial charge in [0, 0.05) is 6.42 Å². The van der Waals surface area contributed by atoms with Crippen LogP contribution < -0.4 is 9.47 Å². The Labute approximate surface area is 241 Å². The number of carboxylic acids is 1. The van der Waals surface area contributed by atoms with Crippen LogP contribution in [0.5, 0.6) is 11.5 Å². The highest BCUT2D eigenvalue weighted by molar-refractivity contribution is 9.11. The highest BCUT2D eigenvalue weighted by atomic mass is 79.9. The molecule has 1 N–H and O–H groups in total. The standard InChI is InChI=1S/C27H30Br4O4/c1-4-10-34-25-20(28)12-18(13-21(25)29)16-27(3,9-7-6-8-24(32)33)17-19-14-22(30)26(23(31)15-19)35-11-5-2/h4-5,12-15H,1-2,6-11,16-17H2,3H3,(H,32,33). The van der Waals surface area contributed by atoms with Gasteiger partial charge in [-0.1, -0.05) is 38.7 Å². The molecular weight excluding hydrogens is 708 g/mol. The molecule has 0 radical (unpaired) electrons. The van der Waals surface area contributed by atoms with Gasteiger partial charge in [0.15, 0.2) is 0 Å². The predicted molar refractivity (Wildman–Crippen MR) is 157 cm³/mol. The summed E-state index contributed by atoms with van der Waals surface area (Å²) in [5, 5.41) is 9.05. The number of ether oxygens (including phenoxy) is 2. The normalized spacial score (nSPS) is 11.2. The molecule has 0 atom stereocenters. The van der Waals surface area contributed by atoms with Crippen LogP contribution in [0.1, 0.15) is 43.7 Å². The molecule has 0 fully saturated rings. The lowest BCUT2D eigenvalue weighted by Crippen LogP contribution is -2.23. The maximum atomic E-state index is 11.0. The van der Waals surface area contributed by atoms with Gasteiger partial charge < -0.3 is 14.6 Å². The maximum Gasteiger partial charge on any atom is 0.303 e. The van der Waals surface area contributed by atoms with E-state index in [1.54, 1.807) is 12.2 Å². The lowest BCUT2D eigenvalue weighted by molar-refractivity contribution is -0.137. The van der Waals surface area contributed by atoms with Gasteiger partial charge >= 0.3 is 5.97 Å². The van der Waals surface area contributed by atoms with Gasteiger partial charge in [-0.2, -0.15) is 0 Å². The first kappa shape index (κ1) is 30.1. The van der Waals surface area contributed by atoms with E-state index in [1.807, 2.05) is 0 Å². The van der Waals surface area contributed by atoms with Gasteiger partial charge in [0.25, 0.3) is 0 Å². The molecule has 0 aliphatic heterocycles. The van der Waals surface area contributed by atoms with Crippen molar-refractivity contribution in [2.75, 3.05) is 13.2 Å². The fraction of sp³-hybridized carbons (Fsp3) is 0.370. The molecule has 0 saturated heterocycles. The molecule has 2 aromatic rings. The van der Waals surface area contributed by atoms with Gasteiger partial charge in [0.1, 0.15) is 24.7 Å². The van der Waals surface area contributed by atoms with E-state index in [-0.39, 0.29) is 11.8 Å². The summed E-state index contributed by atoms with van der Waals surface area (Å²) in [4.78, 5) is 11.0. The zero-order valence-electron chi connectivity index (χ0n) is 19.7. The molecule has 0 bridgehead atoms. The minimum absolute atomic E-state index is 0.0940. The van der Waals surface area contributed by atoms with Crippen LogP contribution >= 0.6 is 63.7 Å². The van der Waals surface area contributed by atoms with Crippen LogP contribution in [-0.2, 0) is 17.6 Å². The summed E-state index contributed by atoms with van der Waals surface area (Å²) in [5.41, 5.74) is 2.24. The molecule has 190 valence electrons. The second kappa shape index (κ2) is 14.6. The summed E-state index contributed by atoms with van der Waals surface area (Å²) in [6.07, 6.45) is 7.66. The third kappa shape index (κ3) is 9.71. The van der Waals surface area contributed by atoms with E-state index in [4.69, 9.17) is 14.6 Å². The highest BCUT2D eigenvalue weighted by Gasteiger charge is 2.27. The number of carboxylic acid groups (broad SMARTS) is 1. The van der Waals surface area contributed by atoms with E-state index in [1.165, 1.54) is 11.1 Å². The van der Waals surface area contributed by atoms with E-state index in [9.17, 15) is 4.79 Å². The van der Waals surface area contributed by atoms with E-state index in [0.29, 0.717) is 19.6 Å². The number of hydrogen-bond donors (Lipinski definition) is 1. The summed E-state index contributed by atoms with van der Waals surface area (Å²) >= 11 is 14.6. The van der Waals surface area contributed by atoms with E-state index in [2.05, 4.69) is 108 Å². The largest absolute Gasteiger partial charge is 0.487 e. The van der Waals surface area contributed by atoms with Crippen molar-refractivity contribution in [2.45, 2.75) is 45.4 Å². The van der Waals surface area contributed by atoms with Gasteiger partial charge in [-0.15, -0.1) is 0 Å². The Bertz CT molecular complexity index is 936. The summed E-state index contributed by atoms with van der Waals surface area (Å²) in [6, 6.07) is 8.38. The van der Waals surface area contributed by atoms with E-state index in [0.717, 1.165) is 55.1 Å². The van der Waals surface area contributed by atoms with E-state index < -0.39 is 5.97 Å². The first-order chi connectivity index (χ1) is 16.6. The fourth-order valence-corrected chi connectivity index (χ4v) is 7.06. The molecule has 0 heterocycles. The number of aliphatic carboxylic acids is 1. The molecule has 0 amide bonds. The highest BCUT2D eigenvalue weighted by Crippen LogP contribution is 2.41. The van der Waals surface area contributed by atoms with Gasteiger partial charge in [-0.3, -0.25) is 4.79 Å². The second-order valence-corrected chi connectivity index (χ2v) is 12.2. The van der Waals surface area contributed by atoms with Gasteiger partial charge in [0.2, 0.25) is 0 Å². The third-order valence-electron chi connectivity index (χ3n) is 5.49. The average molecular weight is 738 g/mol. The van der Waals surface area contributed by atoms with Crippen LogP contribution in [0.25, 0.3) is 0 Å². The van der Waals surface area contributed by atoms with Crippen molar-refractivity contribution in [3.05, 3.63) is 78.6 Å². The van der Waals surface area contributed by atoms with Crippen molar-refractivity contribution >= 4 is 69.7 Å². The van der Waals surface area contributed by atoms with Crippen molar-refractivity contribution in [1.29, 1.82) is 0 Å². The minimum atomic E-state index is -0.752. The van der Waals surface area contributed by atoms with Crippen LogP contribution in [0.2, 0.25) is 0 Å². The first-order valence-electron chi connectivity index (χ1n) is 11.2. The number of carbonyl (C=O) groups is 1. The van der Waals surface area contributed by atoms with E-state index >= 15 is 0 Å². The van der Waals surface area contributed by atoms with Crippen LogP contribution in [0.4, 0.5) is 0 Å².